The van der Waals surface area contributed by atoms with Gasteiger partial charge in [-0.3, -0.25) is 0 Å². The Morgan fingerprint density at radius 3 is 2.64 bits per heavy atom. The number of hydrogen-bond acceptors (Lipinski definition) is 0. The maximum Gasteiger partial charge on any atom is 0.0170 e. The summed E-state index contributed by atoms with van der Waals surface area (Å²) in [5.41, 5.74) is 4.82. The monoisotopic (exact) mass is 143 g/mol. The van der Waals surface area contributed by atoms with Gasteiger partial charge in [0.05, 0.1) is 0 Å². The summed E-state index contributed by atoms with van der Waals surface area (Å²) in [5, 5.41) is 0. The largest absolute Gasteiger partial charge is 0.0870 e. The minimum absolute atomic E-state index is 0.798. The minimum atomic E-state index is 0.798. The van der Waals surface area contributed by atoms with E-state index < -0.39 is 0 Å². The molecule has 0 aromatic rings. The maximum absolute atomic E-state index is 2.36. The lowest BCUT2D eigenvalue weighted by molar-refractivity contribution is 0.741. The van der Waals surface area contributed by atoms with Crippen LogP contribution in [0.5, 0.6) is 0 Å². The summed E-state index contributed by atoms with van der Waals surface area (Å²) in [4.78, 5) is 0. The summed E-state index contributed by atoms with van der Waals surface area (Å²) in [7, 11) is 0. The zero-order valence-electron chi connectivity index (χ0n) is 6.51. The lowest BCUT2D eigenvalue weighted by Gasteiger charge is -2.14. The Bertz CT molecular complexity index is 289. The molecule has 0 heteroatoms. The Kier molecular flexibility index (Phi) is 0.993. The number of allylic oxidation sites excluding steroid dienone is 6. The lowest BCUT2D eigenvalue weighted by Crippen LogP contribution is -2.00. The molecular formula is C11H11. The first-order valence-electron chi connectivity index (χ1n) is 4.40. The molecule has 0 spiro atoms. The molecule has 0 aliphatic heterocycles. The Labute approximate surface area is 67.3 Å². The SMILES string of the molecule is [CH]1C(C2=CCC2)=C1C1C=CC1. The van der Waals surface area contributed by atoms with Crippen LogP contribution in [0.4, 0.5) is 0 Å². The van der Waals surface area contributed by atoms with Crippen molar-refractivity contribution in [3.05, 3.63) is 41.4 Å². The van der Waals surface area contributed by atoms with Gasteiger partial charge in [0.15, 0.2) is 0 Å². The fraction of sp³-hybridized carbons (Fsp3) is 0.364. The van der Waals surface area contributed by atoms with Crippen LogP contribution in [0.15, 0.2) is 34.9 Å². The molecule has 0 bridgehead atoms. The first kappa shape index (κ1) is 5.82. The summed E-state index contributed by atoms with van der Waals surface area (Å²) in [6.45, 7) is 0. The van der Waals surface area contributed by atoms with Crippen LogP contribution in [0.2, 0.25) is 0 Å². The minimum Gasteiger partial charge on any atom is -0.0870 e. The van der Waals surface area contributed by atoms with Gasteiger partial charge in [-0.15, -0.1) is 0 Å². The van der Waals surface area contributed by atoms with Crippen LogP contribution >= 0.6 is 0 Å². The van der Waals surface area contributed by atoms with Gasteiger partial charge >= 0.3 is 0 Å². The van der Waals surface area contributed by atoms with Gasteiger partial charge in [-0.05, 0) is 30.4 Å². The van der Waals surface area contributed by atoms with Crippen molar-refractivity contribution in [3.63, 3.8) is 0 Å². The molecule has 0 aromatic heterocycles. The summed E-state index contributed by atoms with van der Waals surface area (Å²) in [6, 6.07) is 0. The van der Waals surface area contributed by atoms with Crippen LogP contribution in [-0.2, 0) is 0 Å². The van der Waals surface area contributed by atoms with E-state index in [9.17, 15) is 0 Å². The molecule has 55 valence electrons. The standard InChI is InChI=1S/C11H11/c1-3-8(4-1)10-7-11(10)9-5-2-6-9/h1,3,5,7-8H,2,4,6H2. The van der Waals surface area contributed by atoms with Gasteiger partial charge in [-0.2, -0.15) is 0 Å². The van der Waals surface area contributed by atoms with Crippen molar-refractivity contribution >= 4 is 0 Å². The second-order valence-electron chi connectivity index (χ2n) is 3.55. The molecule has 11 heavy (non-hydrogen) atoms. The molecule has 1 atom stereocenters. The summed E-state index contributed by atoms with van der Waals surface area (Å²) >= 11 is 0. The topological polar surface area (TPSA) is 0 Å². The predicted molar refractivity (Wildman–Crippen MR) is 45.9 cm³/mol. The molecule has 0 saturated heterocycles. The Hall–Kier alpha value is -0.780. The smallest absolute Gasteiger partial charge is 0.0170 e. The van der Waals surface area contributed by atoms with Crippen LogP contribution < -0.4 is 0 Å². The third kappa shape index (κ3) is 0.756. The number of hydrogen-bond donors (Lipinski definition) is 0. The van der Waals surface area contributed by atoms with Gasteiger partial charge in [0.1, 0.15) is 0 Å². The summed E-state index contributed by atoms with van der Waals surface area (Å²) < 4.78 is 0. The van der Waals surface area contributed by atoms with Crippen molar-refractivity contribution in [2.45, 2.75) is 19.3 Å². The van der Waals surface area contributed by atoms with Crippen molar-refractivity contribution < 1.29 is 0 Å². The normalized spacial score (nSPS) is 32.7. The lowest BCUT2D eigenvalue weighted by atomic mass is 9.91. The van der Waals surface area contributed by atoms with E-state index in [1.807, 2.05) is 0 Å². The van der Waals surface area contributed by atoms with Gasteiger partial charge in [-0.1, -0.05) is 23.8 Å². The van der Waals surface area contributed by atoms with Gasteiger partial charge in [0.25, 0.3) is 0 Å². The fourth-order valence-corrected chi connectivity index (χ4v) is 1.74. The fourth-order valence-electron chi connectivity index (χ4n) is 1.74. The van der Waals surface area contributed by atoms with Crippen LogP contribution in [0.3, 0.4) is 0 Å². The van der Waals surface area contributed by atoms with Crippen LogP contribution in [0.25, 0.3) is 0 Å². The second kappa shape index (κ2) is 1.88. The van der Waals surface area contributed by atoms with Gasteiger partial charge in [-0.25, -0.2) is 0 Å². The summed E-state index contributed by atoms with van der Waals surface area (Å²) in [5.74, 6) is 0.798. The van der Waals surface area contributed by atoms with E-state index in [-0.39, 0.29) is 0 Å². The third-order valence-electron chi connectivity index (χ3n) is 2.84. The van der Waals surface area contributed by atoms with E-state index >= 15 is 0 Å². The van der Waals surface area contributed by atoms with E-state index in [1.165, 1.54) is 19.3 Å². The average Bonchev–Trinajstić information content (AvgIpc) is 2.37. The molecule has 0 heterocycles. The van der Waals surface area contributed by atoms with Gasteiger partial charge in [0.2, 0.25) is 0 Å². The highest BCUT2D eigenvalue weighted by Crippen LogP contribution is 2.48. The second-order valence-corrected chi connectivity index (χ2v) is 3.55. The molecule has 0 fully saturated rings. The van der Waals surface area contributed by atoms with Crippen molar-refractivity contribution in [3.8, 4) is 0 Å². The Morgan fingerprint density at radius 2 is 2.18 bits per heavy atom. The predicted octanol–water partition coefficient (Wildman–Crippen LogP) is 2.80. The first-order valence-corrected chi connectivity index (χ1v) is 4.40. The van der Waals surface area contributed by atoms with Gasteiger partial charge in [0, 0.05) is 12.3 Å². The van der Waals surface area contributed by atoms with Gasteiger partial charge < -0.3 is 0 Å². The third-order valence-corrected chi connectivity index (χ3v) is 2.84. The highest BCUT2D eigenvalue weighted by molar-refractivity contribution is 5.65. The Morgan fingerprint density at radius 1 is 1.36 bits per heavy atom. The van der Waals surface area contributed by atoms with Crippen LogP contribution in [-0.4, -0.2) is 0 Å². The molecule has 3 aliphatic carbocycles. The van der Waals surface area contributed by atoms with E-state index in [2.05, 4.69) is 24.6 Å². The van der Waals surface area contributed by atoms with Crippen LogP contribution in [0.1, 0.15) is 19.3 Å². The van der Waals surface area contributed by atoms with E-state index in [0.717, 1.165) is 5.92 Å². The molecule has 0 N–H and O–H groups in total. The molecule has 3 aliphatic rings. The van der Waals surface area contributed by atoms with Crippen molar-refractivity contribution in [2.24, 2.45) is 5.92 Å². The van der Waals surface area contributed by atoms with Crippen molar-refractivity contribution in [1.82, 2.24) is 0 Å². The molecule has 0 aromatic carbocycles. The molecule has 1 radical (unpaired) electrons. The molecule has 0 saturated carbocycles. The summed E-state index contributed by atoms with van der Waals surface area (Å²) in [6.07, 6.45) is 13.2. The van der Waals surface area contributed by atoms with E-state index in [0.29, 0.717) is 0 Å². The average molecular weight is 143 g/mol. The van der Waals surface area contributed by atoms with Crippen molar-refractivity contribution in [2.75, 3.05) is 0 Å². The number of rotatable bonds is 2. The highest BCUT2D eigenvalue weighted by atomic mass is 14.4. The van der Waals surface area contributed by atoms with E-state index in [1.54, 1.807) is 16.7 Å². The zero-order chi connectivity index (χ0) is 7.26. The molecule has 3 rings (SSSR count). The van der Waals surface area contributed by atoms with Crippen molar-refractivity contribution in [1.29, 1.82) is 0 Å². The maximum atomic E-state index is 2.36. The highest BCUT2D eigenvalue weighted by Gasteiger charge is 2.32. The van der Waals surface area contributed by atoms with E-state index in [4.69, 9.17) is 0 Å². The molecular weight excluding hydrogens is 132 g/mol. The zero-order valence-corrected chi connectivity index (χ0v) is 6.51. The quantitative estimate of drug-likeness (QED) is 0.521. The molecule has 0 nitrogen and oxygen atoms in total. The molecule has 0 amide bonds. The Balaban J connectivity index is 1.82. The first-order chi connectivity index (χ1) is 5.45. The van der Waals surface area contributed by atoms with Crippen LogP contribution in [0, 0.1) is 12.3 Å². The molecule has 1 unspecified atom stereocenters.